The number of rotatable bonds is 5. The minimum atomic E-state index is -3.62. The quantitative estimate of drug-likeness (QED) is 0.727. The molecule has 1 saturated heterocycles. The maximum absolute atomic E-state index is 12.8. The summed E-state index contributed by atoms with van der Waals surface area (Å²) in [7, 11) is -1.96. The Hall–Kier alpha value is -1.16. The van der Waals surface area contributed by atoms with E-state index >= 15 is 0 Å². The number of thiophene rings is 1. The molecule has 2 aromatic rings. The summed E-state index contributed by atoms with van der Waals surface area (Å²) in [5.74, 6) is 0.434. The third-order valence-corrected chi connectivity index (χ3v) is 7.65. The van der Waals surface area contributed by atoms with E-state index < -0.39 is 16.1 Å². The van der Waals surface area contributed by atoms with E-state index in [1.165, 1.54) is 20.5 Å². The smallest absolute Gasteiger partial charge is 0.253 e. The maximum Gasteiger partial charge on any atom is 0.253 e. The summed E-state index contributed by atoms with van der Waals surface area (Å²) in [5, 5.41) is 1.72. The van der Waals surface area contributed by atoms with Crippen molar-refractivity contribution in [2.75, 3.05) is 13.6 Å². The van der Waals surface area contributed by atoms with Gasteiger partial charge < -0.3 is 9.32 Å². The highest BCUT2D eigenvalue weighted by Gasteiger charge is 2.41. The number of nitrogens with zero attached hydrogens (tertiary/aromatic N) is 2. The molecule has 3 rings (SSSR count). The molecule has 0 N–H and O–H groups in total. The van der Waals surface area contributed by atoms with Crippen LogP contribution < -0.4 is 0 Å². The molecule has 2 aromatic heterocycles. The third-order valence-electron chi connectivity index (χ3n) is 3.94. The fourth-order valence-electron chi connectivity index (χ4n) is 2.80. The van der Waals surface area contributed by atoms with E-state index in [1.807, 2.05) is 0 Å². The van der Waals surface area contributed by atoms with E-state index in [2.05, 4.69) is 15.9 Å². The van der Waals surface area contributed by atoms with Crippen molar-refractivity contribution in [3.8, 4) is 0 Å². The highest BCUT2D eigenvalue weighted by Crippen LogP contribution is 2.29. The number of sulfonamides is 1. The molecule has 0 saturated carbocycles. The van der Waals surface area contributed by atoms with Crippen LogP contribution in [0.25, 0.3) is 0 Å². The maximum atomic E-state index is 12.8. The Balaban J connectivity index is 1.76. The SMILES string of the molecule is CN(Cc1ccc(Br)o1)C(=O)C1CCCN1S(=O)(=O)c1cccs1. The van der Waals surface area contributed by atoms with Gasteiger partial charge in [-0.15, -0.1) is 11.3 Å². The van der Waals surface area contributed by atoms with Gasteiger partial charge in [-0.05, 0) is 52.4 Å². The molecule has 0 bridgehead atoms. The highest BCUT2D eigenvalue weighted by atomic mass is 79.9. The van der Waals surface area contributed by atoms with Crippen LogP contribution in [0.1, 0.15) is 18.6 Å². The van der Waals surface area contributed by atoms with Crippen LogP contribution in [0.3, 0.4) is 0 Å². The zero-order valence-electron chi connectivity index (χ0n) is 13.0. The minimum Gasteiger partial charge on any atom is -0.452 e. The van der Waals surface area contributed by atoms with Crippen LogP contribution >= 0.6 is 27.3 Å². The summed E-state index contributed by atoms with van der Waals surface area (Å²) in [6.45, 7) is 0.671. The number of amides is 1. The number of carbonyl (C=O) groups excluding carboxylic acids is 1. The van der Waals surface area contributed by atoms with E-state index in [9.17, 15) is 13.2 Å². The summed E-state index contributed by atoms with van der Waals surface area (Å²) < 4.78 is 33.1. The molecule has 0 aromatic carbocycles. The van der Waals surface area contributed by atoms with Crippen LogP contribution in [-0.2, 0) is 21.4 Å². The van der Waals surface area contributed by atoms with Gasteiger partial charge in [-0.2, -0.15) is 4.31 Å². The fraction of sp³-hybridized carbons (Fsp3) is 0.400. The molecule has 1 fully saturated rings. The molecule has 9 heteroatoms. The van der Waals surface area contributed by atoms with Crippen LogP contribution in [0.2, 0.25) is 0 Å². The average molecular weight is 433 g/mol. The summed E-state index contributed by atoms with van der Waals surface area (Å²) in [6, 6.07) is 6.16. The molecule has 0 radical (unpaired) electrons. The molecule has 3 heterocycles. The number of halogens is 1. The van der Waals surface area contributed by atoms with Crippen LogP contribution in [0, 0.1) is 0 Å². The first-order chi connectivity index (χ1) is 11.4. The molecule has 1 aliphatic heterocycles. The van der Waals surface area contributed by atoms with Gasteiger partial charge in [0.25, 0.3) is 10.0 Å². The monoisotopic (exact) mass is 432 g/mol. The lowest BCUT2D eigenvalue weighted by atomic mass is 10.2. The van der Waals surface area contributed by atoms with Crippen LogP contribution in [0.5, 0.6) is 0 Å². The second-order valence-electron chi connectivity index (χ2n) is 5.61. The van der Waals surface area contributed by atoms with Gasteiger partial charge >= 0.3 is 0 Å². The molecule has 130 valence electrons. The molecule has 1 amide bonds. The van der Waals surface area contributed by atoms with E-state index in [0.29, 0.717) is 36.4 Å². The first kappa shape index (κ1) is 17.7. The normalized spacial score (nSPS) is 18.8. The summed E-state index contributed by atoms with van der Waals surface area (Å²) in [5.41, 5.74) is 0. The first-order valence-corrected chi connectivity index (χ1v) is 10.6. The van der Waals surface area contributed by atoms with Crippen LogP contribution in [-0.4, -0.2) is 43.2 Å². The summed E-state index contributed by atoms with van der Waals surface area (Å²) >= 11 is 4.40. The van der Waals surface area contributed by atoms with Gasteiger partial charge in [0, 0.05) is 13.6 Å². The lowest BCUT2D eigenvalue weighted by molar-refractivity contribution is -0.134. The second kappa shape index (κ2) is 6.99. The molecule has 1 aliphatic rings. The van der Waals surface area contributed by atoms with Crippen molar-refractivity contribution < 1.29 is 17.6 Å². The predicted octanol–water partition coefficient (Wildman–Crippen LogP) is 2.92. The van der Waals surface area contributed by atoms with Crippen LogP contribution in [0.4, 0.5) is 0 Å². The third kappa shape index (κ3) is 3.44. The van der Waals surface area contributed by atoms with Crippen LogP contribution in [0.15, 0.2) is 42.9 Å². The van der Waals surface area contributed by atoms with Crippen molar-refractivity contribution in [3.63, 3.8) is 0 Å². The van der Waals surface area contributed by atoms with E-state index in [0.717, 1.165) is 0 Å². The van der Waals surface area contributed by atoms with Gasteiger partial charge in [0.05, 0.1) is 6.54 Å². The van der Waals surface area contributed by atoms with Crippen molar-refractivity contribution in [3.05, 3.63) is 40.1 Å². The van der Waals surface area contributed by atoms with E-state index in [4.69, 9.17) is 4.42 Å². The van der Waals surface area contributed by atoms with Gasteiger partial charge in [-0.1, -0.05) is 6.07 Å². The van der Waals surface area contributed by atoms with Crippen molar-refractivity contribution >= 4 is 43.2 Å². The molecule has 1 unspecified atom stereocenters. The topological polar surface area (TPSA) is 70.8 Å². The average Bonchev–Trinajstić information content (AvgIpc) is 3.28. The van der Waals surface area contributed by atoms with E-state index in [1.54, 1.807) is 36.7 Å². The highest BCUT2D eigenvalue weighted by molar-refractivity contribution is 9.10. The molecule has 0 spiro atoms. The van der Waals surface area contributed by atoms with Gasteiger partial charge in [-0.25, -0.2) is 8.42 Å². The van der Waals surface area contributed by atoms with Crippen molar-refractivity contribution in [2.45, 2.75) is 29.6 Å². The largest absolute Gasteiger partial charge is 0.452 e. The Kier molecular flexibility index (Phi) is 5.14. The van der Waals surface area contributed by atoms with Gasteiger partial charge in [-0.3, -0.25) is 4.79 Å². The number of likely N-dealkylation sites (N-methyl/N-ethyl adjacent to an activating group) is 1. The fourth-order valence-corrected chi connectivity index (χ4v) is 5.91. The first-order valence-electron chi connectivity index (χ1n) is 7.44. The molecular weight excluding hydrogens is 416 g/mol. The van der Waals surface area contributed by atoms with Gasteiger partial charge in [0.2, 0.25) is 5.91 Å². The Morgan fingerprint density at radius 1 is 1.46 bits per heavy atom. The molecular formula is C15H17BrN2O4S2. The lowest BCUT2D eigenvalue weighted by Crippen LogP contribution is -2.46. The van der Waals surface area contributed by atoms with Crippen molar-refractivity contribution in [1.82, 2.24) is 9.21 Å². The zero-order chi connectivity index (χ0) is 17.3. The molecule has 0 aliphatic carbocycles. The molecule has 1 atom stereocenters. The Morgan fingerprint density at radius 2 is 2.25 bits per heavy atom. The summed E-state index contributed by atoms with van der Waals surface area (Å²) in [4.78, 5) is 14.3. The number of hydrogen-bond donors (Lipinski definition) is 0. The summed E-state index contributed by atoms with van der Waals surface area (Å²) in [6.07, 6.45) is 1.22. The van der Waals surface area contributed by atoms with Gasteiger partial charge in [0.15, 0.2) is 4.67 Å². The Morgan fingerprint density at radius 3 is 2.88 bits per heavy atom. The van der Waals surface area contributed by atoms with Gasteiger partial charge in [0.1, 0.15) is 16.0 Å². The van der Waals surface area contributed by atoms with Crippen molar-refractivity contribution in [1.29, 1.82) is 0 Å². The zero-order valence-corrected chi connectivity index (χ0v) is 16.2. The predicted molar refractivity (Wildman–Crippen MR) is 94.1 cm³/mol. The molecule has 24 heavy (non-hydrogen) atoms. The minimum absolute atomic E-state index is 0.208. The second-order valence-corrected chi connectivity index (χ2v) is 9.45. The van der Waals surface area contributed by atoms with Crippen molar-refractivity contribution in [2.24, 2.45) is 0 Å². The lowest BCUT2D eigenvalue weighted by Gasteiger charge is -2.26. The number of carbonyl (C=O) groups is 1. The molecule has 6 nitrogen and oxygen atoms in total. The standard InChI is InChI=1S/C15H17BrN2O4S2/c1-17(10-11-6-7-13(16)22-11)15(19)12-4-2-8-18(12)24(20,21)14-5-3-9-23-14/h3,5-7,9,12H,2,4,8,10H2,1H3. The Labute approximate surface area is 153 Å². The number of furan rings is 1. The number of hydrogen-bond acceptors (Lipinski definition) is 5. The van der Waals surface area contributed by atoms with E-state index in [-0.39, 0.29) is 10.1 Å². The Bertz CT molecular complexity index is 816.